The number of benzene rings is 1. The number of phenolic OH excluding ortho intramolecular Hbond substituents is 1. The molecule has 2 N–H and O–H groups in total. The second-order valence-corrected chi connectivity index (χ2v) is 10.1. The number of aromatic hydroxyl groups is 1. The molecule has 1 aromatic carbocycles. The number of carbonyl (C=O) groups excluding carboxylic acids is 1. The minimum Gasteiger partial charge on any atom is -0.507 e. The van der Waals surface area contributed by atoms with Crippen LogP contribution < -0.4 is 34.3 Å². The Kier molecular flexibility index (Phi) is 12.3. The van der Waals surface area contributed by atoms with Crippen LogP contribution >= 0.6 is 34.9 Å². The quantitative estimate of drug-likeness (QED) is 0.203. The molecule has 0 fully saturated rings. The molecule has 0 aliphatic heterocycles. The Morgan fingerprint density at radius 3 is 2.60 bits per heavy atom. The van der Waals surface area contributed by atoms with Crippen molar-refractivity contribution in [3.63, 3.8) is 0 Å². The van der Waals surface area contributed by atoms with Gasteiger partial charge in [0.1, 0.15) is 16.7 Å². The van der Waals surface area contributed by atoms with Crippen LogP contribution in [-0.4, -0.2) is 49.8 Å². The van der Waals surface area contributed by atoms with Gasteiger partial charge in [-0.2, -0.15) is 0 Å². The summed E-state index contributed by atoms with van der Waals surface area (Å²) in [4.78, 5) is 22.5. The molecule has 0 spiro atoms. The van der Waals surface area contributed by atoms with Gasteiger partial charge in [-0.05, 0) is 38.8 Å². The second kappa shape index (κ2) is 13.6. The van der Waals surface area contributed by atoms with Crippen LogP contribution in [0.4, 0.5) is 0 Å². The number of aliphatic carboxylic acids is 1. The minimum atomic E-state index is -0.874. The SMILES string of the molecule is CCCc1c(OCCCSc2nnc(SC(C)C(=O)O)s2)ccc(C(C)=O)c1O.[Na+]. The van der Waals surface area contributed by atoms with Gasteiger partial charge in [-0.3, -0.25) is 9.59 Å². The first kappa shape index (κ1) is 27.3. The predicted octanol–water partition coefficient (Wildman–Crippen LogP) is 1.53. The molecule has 11 heteroatoms. The number of Topliss-reactive ketones (excluding diaryl/α,β-unsaturated/α-hetero) is 1. The molecule has 0 aliphatic rings. The van der Waals surface area contributed by atoms with Crippen LogP contribution in [0.1, 0.15) is 49.5 Å². The Hall–Kier alpha value is -0.780. The van der Waals surface area contributed by atoms with Crippen LogP contribution in [0, 0.1) is 0 Å². The molecule has 0 saturated carbocycles. The molecule has 1 aromatic heterocycles. The summed E-state index contributed by atoms with van der Waals surface area (Å²) in [6.07, 6.45) is 2.23. The third-order valence-electron chi connectivity index (χ3n) is 3.90. The fraction of sp³-hybridized carbons (Fsp3) is 0.474. The maximum absolute atomic E-state index is 11.6. The number of carboxylic acid groups (broad SMARTS) is 1. The van der Waals surface area contributed by atoms with Crippen LogP contribution in [0.2, 0.25) is 0 Å². The fourth-order valence-electron chi connectivity index (χ4n) is 2.43. The topological polar surface area (TPSA) is 110 Å². The molecule has 0 bridgehead atoms. The normalized spacial score (nSPS) is 11.6. The van der Waals surface area contributed by atoms with E-state index in [1.807, 2.05) is 6.92 Å². The molecule has 0 saturated heterocycles. The number of hydrogen-bond acceptors (Lipinski definition) is 9. The van der Waals surface area contributed by atoms with Crippen molar-refractivity contribution in [3.8, 4) is 11.5 Å². The summed E-state index contributed by atoms with van der Waals surface area (Å²) in [7, 11) is 0. The number of phenols is 1. The van der Waals surface area contributed by atoms with Crippen LogP contribution in [-0.2, 0) is 11.2 Å². The van der Waals surface area contributed by atoms with E-state index in [-0.39, 0.29) is 41.1 Å². The molecule has 2 rings (SSSR count). The van der Waals surface area contributed by atoms with E-state index in [1.54, 1.807) is 30.8 Å². The molecule has 0 amide bonds. The van der Waals surface area contributed by atoms with Gasteiger partial charge in [-0.15, -0.1) is 10.2 Å². The van der Waals surface area contributed by atoms with Crippen molar-refractivity contribution in [2.45, 2.75) is 54.0 Å². The molecule has 158 valence electrons. The summed E-state index contributed by atoms with van der Waals surface area (Å²) in [5.41, 5.74) is 0.990. The zero-order valence-corrected chi connectivity index (χ0v) is 22.0. The number of thioether (sulfide) groups is 2. The zero-order valence-electron chi connectivity index (χ0n) is 17.5. The van der Waals surface area contributed by atoms with E-state index in [4.69, 9.17) is 9.84 Å². The zero-order chi connectivity index (χ0) is 21.4. The molecule has 1 heterocycles. The van der Waals surface area contributed by atoms with E-state index >= 15 is 0 Å². The number of nitrogens with zero attached hydrogens (tertiary/aromatic N) is 2. The molecule has 2 aromatic rings. The van der Waals surface area contributed by atoms with Gasteiger partial charge in [-0.1, -0.05) is 48.2 Å². The first-order valence-corrected chi connectivity index (χ1v) is 11.9. The standard InChI is InChI=1S/C19H24N2O5S3.Na/c1-4-6-14-15(8-7-13(11(2)22)16(14)23)26-9-5-10-27-18-20-21-19(29-18)28-12(3)17(24)25;/h7-8,12,23H,4-6,9-10H2,1-3H3,(H,24,25);/q;+1. The van der Waals surface area contributed by atoms with Gasteiger partial charge in [0.15, 0.2) is 14.5 Å². The van der Waals surface area contributed by atoms with E-state index in [0.717, 1.165) is 22.9 Å². The van der Waals surface area contributed by atoms with E-state index in [1.165, 1.54) is 30.0 Å². The molecule has 0 radical (unpaired) electrons. The third kappa shape index (κ3) is 8.05. The Labute approximate surface area is 210 Å². The van der Waals surface area contributed by atoms with Crippen molar-refractivity contribution < 1.29 is 54.1 Å². The number of aromatic nitrogens is 2. The summed E-state index contributed by atoms with van der Waals surface area (Å²) in [6, 6.07) is 3.34. The van der Waals surface area contributed by atoms with Crippen molar-refractivity contribution in [1.29, 1.82) is 0 Å². The maximum atomic E-state index is 11.6. The summed E-state index contributed by atoms with van der Waals surface area (Å²) >= 11 is 4.11. The van der Waals surface area contributed by atoms with Gasteiger partial charge in [-0.25, -0.2) is 0 Å². The second-order valence-electron chi connectivity index (χ2n) is 6.23. The maximum Gasteiger partial charge on any atom is 1.00 e. The molecule has 30 heavy (non-hydrogen) atoms. The number of ketones is 1. The predicted molar refractivity (Wildman–Crippen MR) is 116 cm³/mol. The molecule has 1 atom stereocenters. The summed E-state index contributed by atoms with van der Waals surface area (Å²) in [5.74, 6) is 0.350. The van der Waals surface area contributed by atoms with Gasteiger partial charge in [0.25, 0.3) is 0 Å². The smallest absolute Gasteiger partial charge is 0.507 e. The van der Waals surface area contributed by atoms with Crippen LogP contribution in [0.5, 0.6) is 11.5 Å². The number of ether oxygens (including phenoxy) is 1. The summed E-state index contributed by atoms with van der Waals surface area (Å²) < 4.78 is 7.28. The van der Waals surface area contributed by atoms with Crippen LogP contribution in [0.15, 0.2) is 20.8 Å². The van der Waals surface area contributed by atoms with Crippen LogP contribution in [0.3, 0.4) is 0 Å². The van der Waals surface area contributed by atoms with Gasteiger partial charge in [0.2, 0.25) is 0 Å². The van der Waals surface area contributed by atoms with Crippen molar-refractivity contribution >= 4 is 46.6 Å². The number of rotatable bonds is 12. The first-order valence-electron chi connectivity index (χ1n) is 9.17. The van der Waals surface area contributed by atoms with Gasteiger partial charge >= 0.3 is 35.5 Å². The molecular formula is C19H24N2NaO5S3+. The molecule has 0 aliphatic carbocycles. The molecule has 1 unspecified atom stereocenters. The molecular weight excluding hydrogens is 455 g/mol. The van der Waals surface area contributed by atoms with E-state index in [0.29, 0.717) is 34.2 Å². The monoisotopic (exact) mass is 479 g/mol. The Balaban J connectivity index is 0.00000450. The molecule has 7 nitrogen and oxygen atoms in total. The Morgan fingerprint density at radius 2 is 1.97 bits per heavy atom. The van der Waals surface area contributed by atoms with Gasteiger partial charge < -0.3 is 14.9 Å². The number of carboxylic acids is 1. The van der Waals surface area contributed by atoms with Gasteiger partial charge in [0, 0.05) is 11.3 Å². The Bertz CT molecular complexity index is 863. The van der Waals surface area contributed by atoms with E-state index < -0.39 is 11.2 Å². The van der Waals surface area contributed by atoms with Crippen molar-refractivity contribution in [2.24, 2.45) is 0 Å². The van der Waals surface area contributed by atoms with E-state index in [2.05, 4.69) is 10.2 Å². The van der Waals surface area contributed by atoms with Crippen molar-refractivity contribution in [2.75, 3.05) is 12.4 Å². The van der Waals surface area contributed by atoms with Crippen molar-refractivity contribution in [3.05, 3.63) is 23.3 Å². The number of hydrogen-bond donors (Lipinski definition) is 2. The third-order valence-corrected chi connectivity index (χ3v) is 7.22. The average molecular weight is 480 g/mol. The average Bonchev–Trinajstić information content (AvgIpc) is 3.10. The van der Waals surface area contributed by atoms with Crippen molar-refractivity contribution in [1.82, 2.24) is 10.2 Å². The number of carbonyl (C=O) groups is 2. The fourth-order valence-corrected chi connectivity index (χ4v) is 5.52. The summed E-state index contributed by atoms with van der Waals surface area (Å²) in [5, 5.41) is 26.8. The largest absolute Gasteiger partial charge is 1.00 e. The van der Waals surface area contributed by atoms with Crippen LogP contribution in [0.25, 0.3) is 0 Å². The summed E-state index contributed by atoms with van der Waals surface area (Å²) in [6.45, 7) is 5.53. The minimum absolute atomic E-state index is 0. The first-order chi connectivity index (χ1) is 13.8. The van der Waals surface area contributed by atoms with E-state index in [9.17, 15) is 14.7 Å². The Morgan fingerprint density at radius 1 is 1.27 bits per heavy atom. The van der Waals surface area contributed by atoms with Gasteiger partial charge in [0.05, 0.1) is 12.2 Å².